The summed E-state index contributed by atoms with van der Waals surface area (Å²) in [5, 5.41) is 5.76. The van der Waals surface area contributed by atoms with Crippen LogP contribution in [0.5, 0.6) is 5.88 Å². The van der Waals surface area contributed by atoms with E-state index in [1.807, 2.05) is 14.0 Å². The molecule has 1 saturated heterocycles. The molecule has 3 atom stereocenters. The Morgan fingerprint density at radius 1 is 1.40 bits per heavy atom. The lowest BCUT2D eigenvalue weighted by Crippen LogP contribution is -2.45. The van der Waals surface area contributed by atoms with Crippen LogP contribution >= 0.6 is 11.8 Å². The van der Waals surface area contributed by atoms with E-state index in [0.717, 1.165) is 30.2 Å². The van der Waals surface area contributed by atoms with Crippen LogP contribution in [0.2, 0.25) is 0 Å². The van der Waals surface area contributed by atoms with Gasteiger partial charge in [-0.25, -0.2) is 4.68 Å². The van der Waals surface area contributed by atoms with Crippen LogP contribution in [-0.4, -0.2) is 51.9 Å². The van der Waals surface area contributed by atoms with Gasteiger partial charge in [-0.2, -0.15) is 16.9 Å². The molecule has 0 spiro atoms. The molecule has 0 aromatic carbocycles. The van der Waals surface area contributed by atoms with Gasteiger partial charge in [-0.05, 0) is 6.92 Å². The molecule has 2 rings (SSSR count). The van der Waals surface area contributed by atoms with Crippen molar-refractivity contribution in [3.63, 3.8) is 0 Å². The van der Waals surface area contributed by atoms with Crippen molar-refractivity contribution < 1.29 is 4.74 Å². The maximum absolute atomic E-state index is 6.09. The minimum absolute atomic E-state index is 0.185. The Kier molecular flexibility index (Phi) is 4.99. The first-order valence-electron chi connectivity index (χ1n) is 7.15. The Morgan fingerprint density at radius 3 is 2.50 bits per heavy atom. The SMILES string of the molecule is COc1c(C(CN)N2CC(C)SC(C)C2)c(C)nn1C. The zero-order valence-corrected chi connectivity index (χ0v) is 13.9. The van der Waals surface area contributed by atoms with Gasteiger partial charge in [-0.3, -0.25) is 4.90 Å². The molecule has 0 saturated carbocycles. The lowest BCUT2D eigenvalue weighted by molar-refractivity contribution is 0.194. The van der Waals surface area contributed by atoms with E-state index in [2.05, 4.69) is 35.6 Å². The van der Waals surface area contributed by atoms with Gasteiger partial charge in [0.25, 0.3) is 0 Å². The van der Waals surface area contributed by atoms with Gasteiger partial charge >= 0.3 is 0 Å². The molecule has 2 N–H and O–H groups in total. The number of hydrogen-bond donors (Lipinski definition) is 1. The van der Waals surface area contributed by atoms with Gasteiger partial charge in [0.2, 0.25) is 5.88 Å². The summed E-state index contributed by atoms with van der Waals surface area (Å²) < 4.78 is 7.34. The zero-order chi connectivity index (χ0) is 14.9. The van der Waals surface area contributed by atoms with Crippen LogP contribution < -0.4 is 10.5 Å². The minimum atomic E-state index is 0.185. The van der Waals surface area contributed by atoms with Crippen molar-refractivity contribution in [1.82, 2.24) is 14.7 Å². The Bertz CT molecular complexity index is 452. The van der Waals surface area contributed by atoms with Crippen LogP contribution in [0.4, 0.5) is 0 Å². The van der Waals surface area contributed by atoms with Crippen LogP contribution in [0, 0.1) is 6.92 Å². The van der Waals surface area contributed by atoms with E-state index in [0.29, 0.717) is 17.0 Å². The maximum Gasteiger partial charge on any atom is 0.216 e. The summed E-state index contributed by atoms with van der Waals surface area (Å²) >= 11 is 2.05. The van der Waals surface area contributed by atoms with Crippen molar-refractivity contribution in [1.29, 1.82) is 0 Å². The number of nitrogens with zero attached hydrogens (tertiary/aromatic N) is 3. The summed E-state index contributed by atoms with van der Waals surface area (Å²) in [6.45, 7) is 9.32. The molecule has 0 aliphatic carbocycles. The number of thioether (sulfide) groups is 1. The summed E-state index contributed by atoms with van der Waals surface area (Å²) in [4.78, 5) is 2.48. The topological polar surface area (TPSA) is 56.3 Å². The Balaban J connectivity index is 2.32. The van der Waals surface area contributed by atoms with Crippen molar-refractivity contribution >= 4 is 11.8 Å². The van der Waals surface area contributed by atoms with Crippen LogP contribution in [0.25, 0.3) is 0 Å². The first-order valence-corrected chi connectivity index (χ1v) is 8.09. The smallest absolute Gasteiger partial charge is 0.216 e. The highest BCUT2D eigenvalue weighted by molar-refractivity contribution is 8.00. The van der Waals surface area contributed by atoms with E-state index in [9.17, 15) is 0 Å². The van der Waals surface area contributed by atoms with Gasteiger partial charge in [0.15, 0.2) is 0 Å². The number of methoxy groups -OCH3 is 1. The first-order chi connectivity index (χ1) is 9.47. The first kappa shape index (κ1) is 15.7. The number of ether oxygens (including phenoxy) is 1. The fourth-order valence-corrected chi connectivity index (χ4v) is 4.55. The number of rotatable bonds is 4. The fourth-order valence-electron chi connectivity index (χ4n) is 3.20. The summed E-state index contributed by atoms with van der Waals surface area (Å²) in [7, 11) is 3.62. The van der Waals surface area contributed by atoms with Crippen molar-refractivity contribution in [3.8, 4) is 5.88 Å². The molecule has 1 aromatic rings. The summed E-state index contributed by atoms with van der Waals surface area (Å²) in [6, 6.07) is 0.185. The third kappa shape index (κ3) is 2.97. The quantitative estimate of drug-likeness (QED) is 0.914. The van der Waals surface area contributed by atoms with Crippen molar-refractivity contribution in [3.05, 3.63) is 11.3 Å². The third-order valence-corrected chi connectivity index (χ3v) is 5.08. The molecule has 6 heteroatoms. The molecule has 1 aliphatic heterocycles. The van der Waals surface area contributed by atoms with E-state index < -0.39 is 0 Å². The number of aromatic nitrogens is 2. The molecular weight excluding hydrogens is 272 g/mol. The van der Waals surface area contributed by atoms with E-state index in [1.54, 1.807) is 11.8 Å². The zero-order valence-electron chi connectivity index (χ0n) is 13.1. The fraction of sp³-hybridized carbons (Fsp3) is 0.786. The molecule has 114 valence electrons. The lowest BCUT2D eigenvalue weighted by atomic mass is 10.0. The van der Waals surface area contributed by atoms with Gasteiger partial charge in [0, 0.05) is 37.2 Å². The van der Waals surface area contributed by atoms with Crippen LogP contribution in [-0.2, 0) is 7.05 Å². The monoisotopic (exact) mass is 298 g/mol. The molecule has 0 amide bonds. The van der Waals surface area contributed by atoms with E-state index in [4.69, 9.17) is 10.5 Å². The highest BCUT2D eigenvalue weighted by Gasteiger charge is 2.32. The standard InChI is InChI=1S/C14H26N4OS/c1-9-7-18(8-10(2)20-9)12(6-15)13-11(3)16-17(4)14(13)19-5/h9-10,12H,6-8,15H2,1-5H3. The summed E-state index contributed by atoms with van der Waals surface area (Å²) in [5.41, 5.74) is 8.24. The van der Waals surface area contributed by atoms with Crippen molar-refractivity contribution in [2.24, 2.45) is 12.8 Å². The predicted octanol–water partition coefficient (Wildman–Crippen LogP) is 1.56. The predicted molar refractivity (Wildman–Crippen MR) is 84.4 cm³/mol. The minimum Gasteiger partial charge on any atom is -0.481 e. The molecule has 1 aliphatic rings. The van der Waals surface area contributed by atoms with Crippen molar-refractivity contribution in [2.45, 2.75) is 37.3 Å². The molecule has 5 nitrogen and oxygen atoms in total. The average molecular weight is 298 g/mol. The third-order valence-electron chi connectivity index (χ3n) is 3.85. The Hall–Kier alpha value is -0.720. The van der Waals surface area contributed by atoms with E-state index in [1.165, 1.54) is 0 Å². The van der Waals surface area contributed by atoms with Crippen molar-refractivity contribution in [2.75, 3.05) is 26.7 Å². The van der Waals surface area contributed by atoms with Crippen LogP contribution in [0.15, 0.2) is 0 Å². The average Bonchev–Trinajstić information content (AvgIpc) is 2.64. The molecular formula is C14H26N4OS. The summed E-state index contributed by atoms with van der Waals surface area (Å²) in [6.07, 6.45) is 0. The van der Waals surface area contributed by atoms with Crippen LogP contribution in [0.3, 0.4) is 0 Å². The van der Waals surface area contributed by atoms with E-state index in [-0.39, 0.29) is 6.04 Å². The summed E-state index contributed by atoms with van der Waals surface area (Å²) in [5.74, 6) is 0.830. The molecule has 20 heavy (non-hydrogen) atoms. The van der Waals surface area contributed by atoms with Gasteiger partial charge in [-0.15, -0.1) is 0 Å². The molecule has 1 fully saturated rings. The molecule has 0 bridgehead atoms. The largest absolute Gasteiger partial charge is 0.481 e. The molecule has 1 aromatic heterocycles. The second-order valence-electron chi connectivity index (χ2n) is 5.59. The van der Waals surface area contributed by atoms with Gasteiger partial charge < -0.3 is 10.5 Å². The van der Waals surface area contributed by atoms with Gasteiger partial charge in [-0.1, -0.05) is 13.8 Å². The molecule has 0 radical (unpaired) electrons. The maximum atomic E-state index is 6.09. The van der Waals surface area contributed by atoms with Gasteiger partial charge in [0.1, 0.15) is 0 Å². The van der Waals surface area contributed by atoms with Gasteiger partial charge in [0.05, 0.1) is 24.4 Å². The number of hydrogen-bond acceptors (Lipinski definition) is 5. The Labute approximate surface area is 125 Å². The van der Waals surface area contributed by atoms with E-state index >= 15 is 0 Å². The highest BCUT2D eigenvalue weighted by Crippen LogP contribution is 2.35. The molecule has 2 heterocycles. The number of aryl methyl sites for hydroxylation is 2. The second kappa shape index (κ2) is 6.37. The Morgan fingerprint density at radius 2 is 2.00 bits per heavy atom. The lowest BCUT2D eigenvalue weighted by Gasteiger charge is -2.39. The molecule has 3 unspecified atom stereocenters. The number of nitrogens with two attached hydrogens (primary N) is 1. The second-order valence-corrected chi connectivity index (χ2v) is 7.48. The normalized spacial score (nSPS) is 25.7. The van der Waals surface area contributed by atoms with Crippen LogP contribution in [0.1, 0.15) is 31.1 Å². The highest BCUT2D eigenvalue weighted by atomic mass is 32.2.